The Kier molecular flexibility index (Phi) is 5.76. The fraction of sp³-hybridized carbons (Fsp3) is 0.333. The van der Waals surface area contributed by atoms with Crippen molar-refractivity contribution >= 4 is 23.4 Å². The molecule has 2 aliphatic rings. The molecular weight excluding hydrogens is 396 g/mol. The number of rotatable bonds is 4. The van der Waals surface area contributed by atoms with Gasteiger partial charge in [0.25, 0.3) is 11.8 Å². The van der Waals surface area contributed by atoms with Gasteiger partial charge < -0.3 is 24.0 Å². The van der Waals surface area contributed by atoms with Crippen LogP contribution in [0.15, 0.2) is 42.5 Å². The summed E-state index contributed by atoms with van der Waals surface area (Å²) in [7, 11) is 0. The highest BCUT2D eigenvalue weighted by atomic mass is 35.5. The Morgan fingerprint density at radius 1 is 0.931 bits per heavy atom. The molecule has 0 unspecified atom stereocenters. The number of para-hydroxylation sites is 1. The summed E-state index contributed by atoms with van der Waals surface area (Å²) in [6.45, 7) is 2.68. The zero-order chi connectivity index (χ0) is 20.2. The molecule has 2 heterocycles. The van der Waals surface area contributed by atoms with Gasteiger partial charge in [0.2, 0.25) is 0 Å². The molecule has 1 saturated heterocycles. The van der Waals surface area contributed by atoms with Crippen LogP contribution in [0.5, 0.6) is 17.2 Å². The van der Waals surface area contributed by atoms with Crippen molar-refractivity contribution in [2.75, 3.05) is 46.0 Å². The van der Waals surface area contributed by atoms with Crippen LogP contribution in [-0.2, 0) is 4.79 Å². The minimum absolute atomic E-state index is 0.0487. The summed E-state index contributed by atoms with van der Waals surface area (Å²) in [4.78, 5) is 28.8. The molecule has 0 atom stereocenters. The Morgan fingerprint density at radius 2 is 1.62 bits per heavy atom. The zero-order valence-electron chi connectivity index (χ0n) is 15.8. The van der Waals surface area contributed by atoms with Crippen molar-refractivity contribution in [2.45, 2.75) is 0 Å². The van der Waals surface area contributed by atoms with Crippen LogP contribution < -0.4 is 14.2 Å². The first-order valence-corrected chi connectivity index (χ1v) is 9.83. The number of piperazine rings is 1. The molecule has 0 aromatic heterocycles. The normalized spacial score (nSPS) is 15.8. The van der Waals surface area contributed by atoms with E-state index in [2.05, 4.69) is 0 Å². The average molecular weight is 417 g/mol. The molecule has 0 saturated carbocycles. The largest absolute Gasteiger partial charge is 0.486 e. The minimum Gasteiger partial charge on any atom is -0.486 e. The van der Waals surface area contributed by atoms with E-state index in [1.54, 1.807) is 52.3 Å². The highest BCUT2D eigenvalue weighted by molar-refractivity contribution is 6.30. The molecule has 2 aromatic rings. The summed E-state index contributed by atoms with van der Waals surface area (Å²) in [6.07, 6.45) is 0. The van der Waals surface area contributed by atoms with E-state index in [1.807, 2.05) is 0 Å². The van der Waals surface area contributed by atoms with Gasteiger partial charge in [-0.3, -0.25) is 9.59 Å². The Bertz CT molecular complexity index is 894. The van der Waals surface area contributed by atoms with E-state index in [9.17, 15) is 9.59 Å². The van der Waals surface area contributed by atoms with Gasteiger partial charge in [-0.2, -0.15) is 0 Å². The quantitative estimate of drug-likeness (QED) is 0.766. The SMILES string of the molecule is O=C(COc1ccc(Cl)cc1)N1CCN(C(=O)c2cccc3c2OCCO3)CC1. The Labute approximate surface area is 173 Å². The van der Waals surface area contributed by atoms with Crippen LogP contribution in [0.25, 0.3) is 0 Å². The summed E-state index contributed by atoms with van der Waals surface area (Å²) in [6, 6.07) is 12.2. The van der Waals surface area contributed by atoms with Crippen LogP contribution in [0.1, 0.15) is 10.4 Å². The van der Waals surface area contributed by atoms with Gasteiger partial charge in [-0.1, -0.05) is 17.7 Å². The molecule has 2 aliphatic heterocycles. The number of nitrogens with zero attached hydrogens (tertiary/aromatic N) is 2. The van der Waals surface area contributed by atoms with Crippen LogP contribution in [-0.4, -0.2) is 67.6 Å². The van der Waals surface area contributed by atoms with E-state index >= 15 is 0 Å². The Hall–Kier alpha value is -2.93. The van der Waals surface area contributed by atoms with E-state index in [-0.39, 0.29) is 18.4 Å². The standard InChI is InChI=1S/C21H21ClN2O5/c22-15-4-6-16(7-5-15)29-14-19(25)23-8-10-24(11-9-23)21(26)17-2-1-3-18-20(17)28-13-12-27-18/h1-7H,8-14H2. The van der Waals surface area contributed by atoms with Crippen molar-refractivity contribution in [3.05, 3.63) is 53.1 Å². The third kappa shape index (κ3) is 4.40. The number of hydrogen-bond acceptors (Lipinski definition) is 5. The van der Waals surface area contributed by atoms with Crippen LogP contribution in [0.2, 0.25) is 5.02 Å². The van der Waals surface area contributed by atoms with E-state index in [0.717, 1.165) is 0 Å². The second kappa shape index (κ2) is 8.61. The van der Waals surface area contributed by atoms with Crippen molar-refractivity contribution in [1.82, 2.24) is 9.80 Å². The highest BCUT2D eigenvalue weighted by Gasteiger charge is 2.28. The Balaban J connectivity index is 1.31. The number of benzene rings is 2. The van der Waals surface area contributed by atoms with Crippen LogP contribution in [0.3, 0.4) is 0 Å². The lowest BCUT2D eigenvalue weighted by molar-refractivity contribution is -0.134. The fourth-order valence-corrected chi connectivity index (χ4v) is 3.46. The molecule has 0 aliphatic carbocycles. The first-order chi connectivity index (χ1) is 14.1. The second-order valence-electron chi connectivity index (χ2n) is 6.75. The Morgan fingerprint density at radius 3 is 2.38 bits per heavy atom. The van der Waals surface area contributed by atoms with Gasteiger partial charge in [0.05, 0.1) is 5.56 Å². The highest BCUT2D eigenvalue weighted by Crippen LogP contribution is 2.34. The lowest BCUT2D eigenvalue weighted by Gasteiger charge is -2.35. The van der Waals surface area contributed by atoms with Gasteiger partial charge in [0, 0.05) is 31.2 Å². The number of amides is 2. The second-order valence-corrected chi connectivity index (χ2v) is 7.18. The molecule has 0 N–H and O–H groups in total. The molecule has 0 spiro atoms. The molecule has 4 rings (SSSR count). The van der Waals surface area contributed by atoms with Gasteiger partial charge in [-0.25, -0.2) is 0 Å². The minimum atomic E-state index is -0.114. The van der Waals surface area contributed by atoms with Crippen molar-refractivity contribution < 1.29 is 23.8 Å². The number of fused-ring (bicyclic) bond motifs is 1. The van der Waals surface area contributed by atoms with E-state index in [1.165, 1.54) is 0 Å². The lowest BCUT2D eigenvalue weighted by atomic mass is 10.1. The van der Waals surface area contributed by atoms with Crippen LogP contribution in [0.4, 0.5) is 0 Å². The summed E-state index contributed by atoms with van der Waals surface area (Å²) < 4.78 is 16.7. The van der Waals surface area contributed by atoms with E-state index in [4.69, 9.17) is 25.8 Å². The zero-order valence-corrected chi connectivity index (χ0v) is 16.6. The molecule has 0 radical (unpaired) electrons. The summed E-state index contributed by atoms with van der Waals surface area (Å²) in [5.41, 5.74) is 0.494. The van der Waals surface area contributed by atoms with Crippen molar-refractivity contribution in [1.29, 1.82) is 0 Å². The summed E-state index contributed by atoms with van der Waals surface area (Å²) >= 11 is 5.84. The van der Waals surface area contributed by atoms with Gasteiger partial charge in [0.15, 0.2) is 18.1 Å². The van der Waals surface area contributed by atoms with Crippen molar-refractivity contribution in [3.63, 3.8) is 0 Å². The monoisotopic (exact) mass is 416 g/mol. The number of hydrogen-bond donors (Lipinski definition) is 0. The van der Waals surface area contributed by atoms with Gasteiger partial charge in [-0.05, 0) is 36.4 Å². The van der Waals surface area contributed by atoms with Gasteiger partial charge >= 0.3 is 0 Å². The topological polar surface area (TPSA) is 68.3 Å². The maximum Gasteiger partial charge on any atom is 0.260 e. The number of carbonyl (C=O) groups excluding carboxylic acids is 2. The molecule has 2 aromatic carbocycles. The maximum absolute atomic E-state index is 12.9. The predicted octanol–water partition coefficient (Wildman–Crippen LogP) is 2.47. The third-order valence-corrected chi connectivity index (χ3v) is 5.14. The van der Waals surface area contributed by atoms with Gasteiger partial charge in [-0.15, -0.1) is 0 Å². The fourth-order valence-electron chi connectivity index (χ4n) is 3.34. The van der Waals surface area contributed by atoms with Crippen LogP contribution >= 0.6 is 11.6 Å². The predicted molar refractivity (Wildman–Crippen MR) is 107 cm³/mol. The van der Waals surface area contributed by atoms with Crippen molar-refractivity contribution in [3.8, 4) is 17.2 Å². The summed E-state index contributed by atoms with van der Waals surface area (Å²) in [5.74, 6) is 1.46. The summed E-state index contributed by atoms with van der Waals surface area (Å²) in [5, 5.41) is 0.612. The lowest BCUT2D eigenvalue weighted by Crippen LogP contribution is -2.51. The molecule has 7 nitrogen and oxygen atoms in total. The third-order valence-electron chi connectivity index (χ3n) is 4.89. The average Bonchev–Trinajstić information content (AvgIpc) is 2.78. The first kappa shape index (κ1) is 19.4. The molecule has 1 fully saturated rings. The van der Waals surface area contributed by atoms with E-state index in [0.29, 0.717) is 67.2 Å². The maximum atomic E-state index is 12.9. The molecule has 2 amide bonds. The number of carbonyl (C=O) groups is 2. The molecule has 152 valence electrons. The van der Waals surface area contributed by atoms with E-state index < -0.39 is 0 Å². The molecular formula is C21H21ClN2O5. The number of halogens is 1. The molecule has 8 heteroatoms. The number of ether oxygens (including phenoxy) is 3. The van der Waals surface area contributed by atoms with Crippen molar-refractivity contribution in [2.24, 2.45) is 0 Å². The molecule has 29 heavy (non-hydrogen) atoms. The first-order valence-electron chi connectivity index (χ1n) is 9.46. The molecule has 0 bridgehead atoms. The van der Waals surface area contributed by atoms with Crippen LogP contribution in [0, 0.1) is 0 Å². The smallest absolute Gasteiger partial charge is 0.260 e. The van der Waals surface area contributed by atoms with Gasteiger partial charge in [0.1, 0.15) is 19.0 Å².